The molecule has 7 heteroatoms. The first-order valence-electron chi connectivity index (χ1n) is 7.20. The zero-order valence-electron chi connectivity index (χ0n) is 12.3. The van der Waals surface area contributed by atoms with Crippen LogP contribution >= 0.6 is 0 Å². The molecule has 1 saturated heterocycles. The van der Waals surface area contributed by atoms with Gasteiger partial charge in [-0.05, 0) is 19.1 Å². The van der Waals surface area contributed by atoms with Crippen molar-refractivity contribution in [2.45, 2.75) is 25.6 Å². The van der Waals surface area contributed by atoms with Crippen LogP contribution in [-0.4, -0.2) is 56.3 Å². The summed E-state index contributed by atoms with van der Waals surface area (Å²) < 4.78 is 7.19. The number of hydrogen-bond acceptors (Lipinski definition) is 5. The summed E-state index contributed by atoms with van der Waals surface area (Å²) in [6.07, 6.45) is 1.33. The van der Waals surface area contributed by atoms with Gasteiger partial charge in [0.15, 0.2) is 0 Å². The number of hydrogen-bond donors (Lipinski definition) is 1. The lowest BCUT2D eigenvalue weighted by Crippen LogP contribution is -2.53. The van der Waals surface area contributed by atoms with Crippen molar-refractivity contribution in [1.29, 1.82) is 0 Å². The van der Waals surface area contributed by atoms with E-state index in [4.69, 9.17) is 4.74 Å². The highest BCUT2D eigenvalue weighted by Crippen LogP contribution is 2.18. The molecule has 0 aliphatic carbocycles. The Morgan fingerprint density at radius 1 is 1.41 bits per heavy atom. The molecule has 1 aliphatic rings. The molecule has 0 spiro atoms. The van der Waals surface area contributed by atoms with Crippen molar-refractivity contribution >= 4 is 5.97 Å². The van der Waals surface area contributed by atoms with Gasteiger partial charge < -0.3 is 9.84 Å². The molecule has 22 heavy (non-hydrogen) atoms. The lowest BCUT2D eigenvalue weighted by atomic mass is 10.1. The Labute approximate surface area is 128 Å². The van der Waals surface area contributed by atoms with E-state index in [1.807, 2.05) is 35.2 Å². The fraction of sp³-hybridized carbons (Fsp3) is 0.400. The van der Waals surface area contributed by atoms with Gasteiger partial charge in [-0.1, -0.05) is 23.4 Å². The molecule has 0 saturated carbocycles. The van der Waals surface area contributed by atoms with Crippen molar-refractivity contribution in [3.8, 4) is 5.69 Å². The molecule has 0 amide bonds. The Morgan fingerprint density at radius 2 is 2.18 bits per heavy atom. The molecule has 0 unspecified atom stereocenters. The summed E-state index contributed by atoms with van der Waals surface area (Å²) in [5.74, 6) is -0.870. The van der Waals surface area contributed by atoms with Gasteiger partial charge in [0.25, 0.3) is 0 Å². The quantitative estimate of drug-likeness (QED) is 0.905. The van der Waals surface area contributed by atoms with Crippen LogP contribution in [0.25, 0.3) is 5.69 Å². The van der Waals surface area contributed by atoms with Crippen LogP contribution in [0.15, 0.2) is 36.5 Å². The Bertz CT molecular complexity index is 643. The highest BCUT2D eigenvalue weighted by molar-refractivity contribution is 5.74. The summed E-state index contributed by atoms with van der Waals surface area (Å²) in [5.41, 5.74) is 1.76. The predicted molar refractivity (Wildman–Crippen MR) is 78.6 cm³/mol. The largest absolute Gasteiger partial charge is 0.480 e. The van der Waals surface area contributed by atoms with E-state index in [1.165, 1.54) is 0 Å². The topological polar surface area (TPSA) is 80.5 Å². The minimum absolute atomic E-state index is 0.340. The fourth-order valence-electron chi connectivity index (χ4n) is 2.78. The Morgan fingerprint density at radius 3 is 2.91 bits per heavy atom. The van der Waals surface area contributed by atoms with Gasteiger partial charge in [0.2, 0.25) is 0 Å². The summed E-state index contributed by atoms with van der Waals surface area (Å²) in [6.45, 7) is 3.35. The standard InChI is InChI=1S/C15H18N4O3/c1-11-14(15(20)21)18(7-8-22-11)10-13-9-16-17-19(13)12-5-3-2-4-6-12/h2-6,9,11,14H,7-8,10H2,1H3,(H,20,21)/t11-,14+/m1/s1. The minimum Gasteiger partial charge on any atom is -0.480 e. The van der Waals surface area contributed by atoms with Gasteiger partial charge in [-0.15, -0.1) is 5.10 Å². The molecule has 2 aromatic rings. The number of nitrogens with zero attached hydrogens (tertiary/aromatic N) is 4. The van der Waals surface area contributed by atoms with Crippen molar-refractivity contribution in [2.24, 2.45) is 0 Å². The number of benzene rings is 1. The zero-order valence-corrected chi connectivity index (χ0v) is 12.3. The molecule has 2 atom stereocenters. The van der Waals surface area contributed by atoms with Crippen LogP contribution in [-0.2, 0) is 16.1 Å². The number of ether oxygens (including phenoxy) is 1. The number of carboxylic acid groups (broad SMARTS) is 1. The van der Waals surface area contributed by atoms with Crippen LogP contribution in [0.5, 0.6) is 0 Å². The summed E-state index contributed by atoms with van der Waals surface area (Å²) in [4.78, 5) is 13.4. The van der Waals surface area contributed by atoms with E-state index in [-0.39, 0.29) is 6.10 Å². The first kappa shape index (κ1) is 14.7. The molecule has 1 N–H and O–H groups in total. The third-order valence-corrected chi connectivity index (χ3v) is 3.84. The van der Waals surface area contributed by atoms with E-state index in [0.29, 0.717) is 19.7 Å². The van der Waals surface area contributed by atoms with Crippen molar-refractivity contribution in [3.05, 3.63) is 42.2 Å². The van der Waals surface area contributed by atoms with E-state index in [1.54, 1.807) is 17.8 Å². The smallest absolute Gasteiger partial charge is 0.323 e. The summed E-state index contributed by atoms with van der Waals surface area (Å²) in [7, 11) is 0. The van der Waals surface area contributed by atoms with Crippen LogP contribution in [0.1, 0.15) is 12.6 Å². The molecular weight excluding hydrogens is 284 g/mol. The van der Waals surface area contributed by atoms with E-state index in [0.717, 1.165) is 11.4 Å². The van der Waals surface area contributed by atoms with Gasteiger partial charge in [0, 0.05) is 13.1 Å². The molecule has 0 radical (unpaired) electrons. The number of aliphatic carboxylic acids is 1. The molecule has 0 bridgehead atoms. The number of carbonyl (C=O) groups is 1. The molecule has 1 aromatic heterocycles. The highest BCUT2D eigenvalue weighted by atomic mass is 16.5. The SMILES string of the molecule is C[C@H]1OCCN(Cc2cnnn2-c2ccccc2)[C@@H]1C(=O)O. The van der Waals surface area contributed by atoms with Crippen molar-refractivity contribution < 1.29 is 14.6 Å². The van der Waals surface area contributed by atoms with Crippen LogP contribution in [0.2, 0.25) is 0 Å². The third-order valence-electron chi connectivity index (χ3n) is 3.84. The highest BCUT2D eigenvalue weighted by Gasteiger charge is 2.35. The molecule has 116 valence electrons. The Kier molecular flexibility index (Phi) is 4.17. The monoisotopic (exact) mass is 302 g/mol. The maximum Gasteiger partial charge on any atom is 0.323 e. The van der Waals surface area contributed by atoms with Crippen molar-refractivity contribution in [1.82, 2.24) is 19.9 Å². The Hall–Kier alpha value is -2.25. The first-order chi connectivity index (χ1) is 10.7. The van der Waals surface area contributed by atoms with Gasteiger partial charge in [-0.3, -0.25) is 9.69 Å². The number of para-hydroxylation sites is 1. The van der Waals surface area contributed by atoms with Gasteiger partial charge in [-0.2, -0.15) is 0 Å². The Balaban J connectivity index is 1.84. The first-order valence-corrected chi connectivity index (χ1v) is 7.20. The second-order valence-corrected chi connectivity index (χ2v) is 5.30. The van der Waals surface area contributed by atoms with Gasteiger partial charge in [-0.25, -0.2) is 4.68 Å². The average molecular weight is 302 g/mol. The lowest BCUT2D eigenvalue weighted by Gasteiger charge is -2.36. The van der Waals surface area contributed by atoms with Gasteiger partial charge in [0.1, 0.15) is 6.04 Å². The second-order valence-electron chi connectivity index (χ2n) is 5.30. The van der Waals surface area contributed by atoms with Crippen LogP contribution < -0.4 is 0 Å². The lowest BCUT2D eigenvalue weighted by molar-refractivity contribution is -0.156. The second kappa shape index (κ2) is 6.25. The van der Waals surface area contributed by atoms with E-state index >= 15 is 0 Å². The maximum atomic E-state index is 11.5. The molecule has 1 aromatic carbocycles. The van der Waals surface area contributed by atoms with Gasteiger partial charge >= 0.3 is 5.97 Å². The molecule has 1 aliphatic heterocycles. The number of aromatic nitrogens is 3. The minimum atomic E-state index is -0.870. The van der Waals surface area contributed by atoms with Crippen LogP contribution in [0.3, 0.4) is 0 Å². The molecule has 1 fully saturated rings. The van der Waals surface area contributed by atoms with E-state index < -0.39 is 12.0 Å². The number of rotatable bonds is 4. The average Bonchev–Trinajstić information content (AvgIpc) is 2.96. The summed E-state index contributed by atoms with van der Waals surface area (Å²) >= 11 is 0. The summed E-state index contributed by atoms with van der Waals surface area (Å²) in [6, 6.07) is 9.01. The maximum absolute atomic E-state index is 11.5. The van der Waals surface area contributed by atoms with Crippen LogP contribution in [0.4, 0.5) is 0 Å². The van der Waals surface area contributed by atoms with Crippen molar-refractivity contribution in [2.75, 3.05) is 13.2 Å². The molecule has 7 nitrogen and oxygen atoms in total. The fourth-order valence-corrected chi connectivity index (χ4v) is 2.78. The predicted octanol–water partition coefficient (Wildman–Crippen LogP) is 0.941. The van der Waals surface area contributed by atoms with Crippen LogP contribution in [0, 0.1) is 0 Å². The molecular formula is C15H18N4O3. The van der Waals surface area contributed by atoms with E-state index in [2.05, 4.69) is 10.3 Å². The van der Waals surface area contributed by atoms with Crippen molar-refractivity contribution in [3.63, 3.8) is 0 Å². The molecule has 2 heterocycles. The molecule has 3 rings (SSSR count). The number of carboxylic acids is 1. The third kappa shape index (κ3) is 2.86. The van der Waals surface area contributed by atoms with Gasteiger partial charge in [0.05, 0.1) is 30.3 Å². The normalized spacial score (nSPS) is 22.6. The van der Waals surface area contributed by atoms with E-state index in [9.17, 15) is 9.90 Å². The zero-order chi connectivity index (χ0) is 15.5. The number of morpholine rings is 1. The summed E-state index contributed by atoms with van der Waals surface area (Å²) in [5, 5.41) is 17.5.